The molecule has 1 aromatic heterocycles. The molecule has 1 fully saturated rings. The fourth-order valence-corrected chi connectivity index (χ4v) is 2.38. The van der Waals surface area contributed by atoms with Crippen molar-refractivity contribution in [3.63, 3.8) is 0 Å². The molecule has 1 aliphatic heterocycles. The predicted molar refractivity (Wildman–Crippen MR) is 79.5 cm³/mol. The minimum atomic E-state index is -1.01. The first-order chi connectivity index (χ1) is 9.89. The molecule has 1 atom stereocenters. The van der Waals surface area contributed by atoms with Crippen LogP contribution in [0.15, 0.2) is 9.59 Å². The summed E-state index contributed by atoms with van der Waals surface area (Å²) in [4.78, 5) is 24.2. The van der Waals surface area contributed by atoms with Gasteiger partial charge in [-0.3, -0.25) is 13.9 Å². The summed E-state index contributed by atoms with van der Waals surface area (Å²) in [6, 6.07) is 0. The molecular weight excluding hydrogens is 276 g/mol. The van der Waals surface area contributed by atoms with Crippen LogP contribution < -0.4 is 22.3 Å². The van der Waals surface area contributed by atoms with Gasteiger partial charge in [0, 0.05) is 33.2 Å². The molecule has 118 valence electrons. The summed E-state index contributed by atoms with van der Waals surface area (Å²) < 4.78 is 7.53. The lowest BCUT2D eigenvalue weighted by molar-refractivity contribution is 0.0382. The number of hydrogen-bond donors (Lipinski definition) is 3. The molecule has 8 heteroatoms. The largest absolute Gasteiger partial charge is 0.386 e. The molecule has 1 aromatic rings. The van der Waals surface area contributed by atoms with E-state index in [1.165, 1.54) is 11.6 Å². The summed E-state index contributed by atoms with van der Waals surface area (Å²) in [5, 5.41) is 13.1. The number of anilines is 2. The van der Waals surface area contributed by atoms with Crippen molar-refractivity contribution >= 4 is 11.5 Å². The number of aromatic nitrogens is 2. The maximum atomic E-state index is 12.2. The van der Waals surface area contributed by atoms with E-state index in [1.807, 2.05) is 6.92 Å². The maximum Gasteiger partial charge on any atom is 0.332 e. The Kier molecular flexibility index (Phi) is 4.38. The van der Waals surface area contributed by atoms with Gasteiger partial charge in [-0.15, -0.1) is 0 Å². The lowest BCUT2D eigenvalue weighted by Gasteiger charge is -2.22. The van der Waals surface area contributed by atoms with Crippen LogP contribution in [0.1, 0.15) is 19.8 Å². The third kappa shape index (κ3) is 2.96. The van der Waals surface area contributed by atoms with Gasteiger partial charge in [-0.1, -0.05) is 6.92 Å². The Labute approximate surface area is 122 Å². The van der Waals surface area contributed by atoms with Crippen LogP contribution in [0.3, 0.4) is 0 Å². The number of rotatable bonds is 5. The van der Waals surface area contributed by atoms with Crippen LogP contribution in [0, 0.1) is 0 Å². The average molecular weight is 298 g/mol. The van der Waals surface area contributed by atoms with E-state index in [-0.39, 0.29) is 24.7 Å². The van der Waals surface area contributed by atoms with Crippen LogP contribution in [-0.2, 0) is 18.3 Å². The summed E-state index contributed by atoms with van der Waals surface area (Å²) in [7, 11) is 1.41. The lowest BCUT2D eigenvalue weighted by Crippen LogP contribution is -2.43. The predicted octanol–water partition coefficient (Wildman–Crippen LogP) is -0.897. The molecule has 2 rings (SSSR count). The van der Waals surface area contributed by atoms with Crippen LogP contribution in [0.5, 0.6) is 0 Å². The molecule has 2 heterocycles. The first-order valence-corrected chi connectivity index (χ1v) is 7.03. The average Bonchev–Trinajstić information content (AvgIpc) is 2.88. The Morgan fingerprint density at radius 3 is 2.76 bits per heavy atom. The Hall–Kier alpha value is -1.80. The number of nitrogens with two attached hydrogens (primary N) is 1. The number of ether oxygens (including phenoxy) is 1. The highest BCUT2D eigenvalue weighted by atomic mass is 16.5. The highest BCUT2D eigenvalue weighted by Crippen LogP contribution is 2.20. The Morgan fingerprint density at radius 2 is 2.19 bits per heavy atom. The van der Waals surface area contributed by atoms with E-state index in [2.05, 4.69) is 5.32 Å². The van der Waals surface area contributed by atoms with Gasteiger partial charge in [-0.2, -0.15) is 0 Å². The SMILES string of the molecule is CCCn1c(N)c(NCC2(O)CCOC2)c(=O)n(C)c1=O. The fraction of sp³-hybridized carbons (Fsp3) is 0.692. The second-order valence-corrected chi connectivity index (χ2v) is 5.44. The van der Waals surface area contributed by atoms with Gasteiger partial charge in [-0.25, -0.2) is 4.79 Å². The zero-order valence-corrected chi connectivity index (χ0v) is 12.4. The molecule has 21 heavy (non-hydrogen) atoms. The van der Waals surface area contributed by atoms with Gasteiger partial charge in [0.15, 0.2) is 0 Å². The van der Waals surface area contributed by atoms with E-state index in [1.54, 1.807) is 0 Å². The highest BCUT2D eigenvalue weighted by Gasteiger charge is 2.32. The minimum absolute atomic E-state index is 0.104. The van der Waals surface area contributed by atoms with Gasteiger partial charge in [0.05, 0.1) is 6.61 Å². The monoisotopic (exact) mass is 298 g/mol. The van der Waals surface area contributed by atoms with E-state index in [0.717, 1.165) is 11.0 Å². The third-order valence-electron chi connectivity index (χ3n) is 3.71. The second kappa shape index (κ2) is 5.90. The van der Waals surface area contributed by atoms with Crippen molar-refractivity contribution in [2.45, 2.75) is 31.9 Å². The van der Waals surface area contributed by atoms with Crippen molar-refractivity contribution in [2.24, 2.45) is 7.05 Å². The van der Waals surface area contributed by atoms with Crippen LogP contribution >= 0.6 is 0 Å². The molecule has 8 nitrogen and oxygen atoms in total. The van der Waals surface area contributed by atoms with Crippen LogP contribution in [0.25, 0.3) is 0 Å². The number of nitrogens with one attached hydrogen (secondary N) is 1. The highest BCUT2D eigenvalue weighted by molar-refractivity contribution is 5.60. The lowest BCUT2D eigenvalue weighted by atomic mass is 10.0. The van der Waals surface area contributed by atoms with Gasteiger partial charge in [0.1, 0.15) is 17.1 Å². The quantitative estimate of drug-likeness (QED) is 0.650. The van der Waals surface area contributed by atoms with Gasteiger partial charge in [0.2, 0.25) is 0 Å². The molecular formula is C13H22N4O4. The topological polar surface area (TPSA) is 112 Å². The van der Waals surface area contributed by atoms with Crippen molar-refractivity contribution < 1.29 is 9.84 Å². The van der Waals surface area contributed by atoms with E-state index < -0.39 is 16.9 Å². The second-order valence-electron chi connectivity index (χ2n) is 5.44. The Balaban J connectivity index is 2.34. The molecule has 0 aliphatic carbocycles. The van der Waals surface area contributed by atoms with Gasteiger partial charge >= 0.3 is 5.69 Å². The molecule has 0 bridgehead atoms. The number of nitrogens with zero attached hydrogens (tertiary/aromatic N) is 2. The zero-order valence-electron chi connectivity index (χ0n) is 12.4. The molecule has 1 unspecified atom stereocenters. The van der Waals surface area contributed by atoms with Gasteiger partial charge < -0.3 is 20.9 Å². The zero-order chi connectivity index (χ0) is 15.6. The number of hydrogen-bond acceptors (Lipinski definition) is 6. The van der Waals surface area contributed by atoms with Crippen LogP contribution in [0.4, 0.5) is 11.5 Å². The first kappa shape index (κ1) is 15.6. The van der Waals surface area contributed by atoms with E-state index in [4.69, 9.17) is 10.5 Å². The smallest absolute Gasteiger partial charge is 0.332 e. The molecule has 1 aliphatic rings. The summed E-state index contributed by atoms with van der Waals surface area (Å²) in [6.07, 6.45) is 1.22. The fourth-order valence-electron chi connectivity index (χ4n) is 2.38. The van der Waals surface area contributed by atoms with Crippen LogP contribution in [0.2, 0.25) is 0 Å². The van der Waals surface area contributed by atoms with Crippen molar-refractivity contribution in [1.82, 2.24) is 9.13 Å². The number of aliphatic hydroxyl groups is 1. The summed E-state index contributed by atoms with van der Waals surface area (Å²) in [5.74, 6) is 0.104. The molecule has 1 saturated heterocycles. The van der Waals surface area contributed by atoms with Crippen molar-refractivity contribution in [3.05, 3.63) is 20.8 Å². The number of nitrogen functional groups attached to an aromatic ring is 1. The van der Waals surface area contributed by atoms with Gasteiger partial charge in [0.25, 0.3) is 5.56 Å². The molecule has 0 radical (unpaired) electrons. The summed E-state index contributed by atoms with van der Waals surface area (Å²) in [5.41, 5.74) is 4.15. The summed E-state index contributed by atoms with van der Waals surface area (Å²) in [6.45, 7) is 3.20. The third-order valence-corrected chi connectivity index (χ3v) is 3.71. The molecule has 0 amide bonds. The molecule has 0 saturated carbocycles. The van der Waals surface area contributed by atoms with Crippen molar-refractivity contribution in [2.75, 3.05) is 30.8 Å². The molecule has 4 N–H and O–H groups in total. The van der Waals surface area contributed by atoms with E-state index in [9.17, 15) is 14.7 Å². The van der Waals surface area contributed by atoms with Crippen molar-refractivity contribution in [1.29, 1.82) is 0 Å². The minimum Gasteiger partial charge on any atom is -0.386 e. The van der Waals surface area contributed by atoms with E-state index in [0.29, 0.717) is 19.6 Å². The standard InChI is InChI=1S/C13H22N4O4/c1-3-5-17-10(14)9(11(18)16(2)12(17)19)15-7-13(20)4-6-21-8-13/h15,20H,3-8,14H2,1-2H3. The van der Waals surface area contributed by atoms with Crippen LogP contribution in [-0.4, -0.2) is 39.6 Å². The normalized spacial score (nSPS) is 21.7. The van der Waals surface area contributed by atoms with Crippen molar-refractivity contribution in [3.8, 4) is 0 Å². The maximum absolute atomic E-state index is 12.2. The molecule has 0 spiro atoms. The summed E-state index contributed by atoms with van der Waals surface area (Å²) >= 11 is 0. The Morgan fingerprint density at radius 1 is 1.48 bits per heavy atom. The Bertz CT molecular complexity index is 628. The van der Waals surface area contributed by atoms with Gasteiger partial charge in [-0.05, 0) is 6.42 Å². The first-order valence-electron chi connectivity index (χ1n) is 7.03. The van der Waals surface area contributed by atoms with E-state index >= 15 is 0 Å². The molecule has 0 aromatic carbocycles.